The number of hydrogen-bond acceptors (Lipinski definition) is 3. The van der Waals surface area contributed by atoms with Crippen LogP contribution in [0.1, 0.15) is 17.0 Å². The summed E-state index contributed by atoms with van der Waals surface area (Å²) in [6.07, 6.45) is 1.91. The summed E-state index contributed by atoms with van der Waals surface area (Å²) < 4.78 is 0. The van der Waals surface area contributed by atoms with Crippen molar-refractivity contribution in [3.05, 3.63) is 96.1 Å². The molecule has 0 fully saturated rings. The fraction of sp³-hybridized carbons (Fsp3) is 0.0476. The Morgan fingerprint density at radius 2 is 1.40 bits per heavy atom. The first-order valence-electron chi connectivity index (χ1n) is 8.24. The normalized spacial score (nSPS) is 11.4. The smallest absolute Gasteiger partial charge is 0.222 e. The number of aromatic nitrogens is 2. The second-order valence-electron chi connectivity index (χ2n) is 5.79. The first-order valence-corrected chi connectivity index (χ1v) is 8.24. The van der Waals surface area contributed by atoms with Crippen molar-refractivity contribution in [1.29, 1.82) is 0 Å². The van der Waals surface area contributed by atoms with Gasteiger partial charge in [-0.05, 0) is 23.3 Å². The Morgan fingerprint density at radius 1 is 0.800 bits per heavy atom. The van der Waals surface area contributed by atoms with Gasteiger partial charge in [0.25, 0.3) is 0 Å². The van der Waals surface area contributed by atoms with Crippen molar-refractivity contribution in [3.8, 4) is 0 Å². The topological polar surface area (TPSA) is 53.1 Å². The maximum atomic E-state index is 4.47. The maximum Gasteiger partial charge on any atom is 0.222 e. The number of para-hydroxylation sites is 2. The van der Waals surface area contributed by atoms with Crippen LogP contribution in [-0.4, -0.2) is 16.2 Å². The van der Waals surface area contributed by atoms with Gasteiger partial charge >= 0.3 is 0 Å². The summed E-state index contributed by atoms with van der Waals surface area (Å²) in [5, 5.41) is 4.42. The van der Waals surface area contributed by atoms with E-state index in [1.54, 1.807) is 0 Å². The van der Waals surface area contributed by atoms with Gasteiger partial charge in [-0.15, -0.1) is 0 Å². The van der Waals surface area contributed by atoms with Crippen LogP contribution >= 0.6 is 0 Å². The van der Waals surface area contributed by atoms with Crippen LogP contribution in [0.2, 0.25) is 0 Å². The lowest BCUT2D eigenvalue weighted by atomic mass is 9.92. The molecule has 4 heteroatoms. The number of benzene rings is 3. The highest BCUT2D eigenvalue weighted by molar-refractivity contribution is 5.78. The number of fused-ring (bicyclic) bond motifs is 1. The predicted molar refractivity (Wildman–Crippen MR) is 103 cm³/mol. The van der Waals surface area contributed by atoms with E-state index in [0.29, 0.717) is 5.95 Å². The number of nitrogens with one attached hydrogen (secondary N) is 2. The van der Waals surface area contributed by atoms with Crippen LogP contribution in [-0.2, 0) is 0 Å². The number of hydrogen-bond donors (Lipinski definition) is 2. The molecule has 0 spiro atoms. The van der Waals surface area contributed by atoms with E-state index in [9.17, 15) is 0 Å². The number of imidazole rings is 1. The van der Waals surface area contributed by atoms with Crippen molar-refractivity contribution in [2.75, 3.05) is 5.43 Å². The molecule has 0 amide bonds. The van der Waals surface area contributed by atoms with E-state index in [1.165, 1.54) is 11.1 Å². The van der Waals surface area contributed by atoms with Gasteiger partial charge in [0.05, 0.1) is 11.0 Å². The van der Waals surface area contributed by atoms with Gasteiger partial charge in [0, 0.05) is 12.1 Å². The minimum absolute atomic E-state index is 0.0827. The standard InChI is InChI=1S/C21H18N4/c1-3-9-16(10-4-1)18(17-11-5-2-6-12-17)15-22-25-21-23-19-13-7-8-14-20(19)24-21/h1-15,18H,(H2,23,24,25). The van der Waals surface area contributed by atoms with Crippen molar-refractivity contribution in [3.63, 3.8) is 0 Å². The van der Waals surface area contributed by atoms with Gasteiger partial charge in [-0.2, -0.15) is 5.10 Å². The fourth-order valence-corrected chi connectivity index (χ4v) is 2.86. The first kappa shape index (κ1) is 15.1. The third-order valence-corrected chi connectivity index (χ3v) is 4.10. The van der Waals surface area contributed by atoms with Gasteiger partial charge in [-0.1, -0.05) is 72.8 Å². The maximum absolute atomic E-state index is 4.47. The van der Waals surface area contributed by atoms with Gasteiger partial charge in [0.15, 0.2) is 0 Å². The number of H-pyrrole nitrogens is 1. The molecule has 0 saturated carbocycles. The predicted octanol–water partition coefficient (Wildman–Crippen LogP) is 4.79. The zero-order valence-electron chi connectivity index (χ0n) is 13.6. The van der Waals surface area contributed by atoms with Gasteiger partial charge < -0.3 is 4.98 Å². The van der Waals surface area contributed by atoms with E-state index in [0.717, 1.165) is 11.0 Å². The molecule has 0 bridgehead atoms. The highest BCUT2D eigenvalue weighted by Crippen LogP contribution is 2.22. The van der Waals surface area contributed by atoms with Crippen molar-refractivity contribution in [1.82, 2.24) is 9.97 Å². The highest BCUT2D eigenvalue weighted by Gasteiger charge is 2.11. The van der Waals surface area contributed by atoms with Crippen molar-refractivity contribution >= 4 is 23.2 Å². The number of rotatable bonds is 5. The van der Waals surface area contributed by atoms with Crippen LogP contribution in [0.25, 0.3) is 11.0 Å². The molecule has 1 heterocycles. The number of anilines is 1. The van der Waals surface area contributed by atoms with Crippen LogP contribution in [0.15, 0.2) is 90.0 Å². The van der Waals surface area contributed by atoms with Crippen LogP contribution < -0.4 is 5.43 Å². The van der Waals surface area contributed by atoms with Crippen LogP contribution in [0.5, 0.6) is 0 Å². The molecule has 3 aromatic carbocycles. The summed E-state index contributed by atoms with van der Waals surface area (Å²) in [5.74, 6) is 0.719. The third-order valence-electron chi connectivity index (χ3n) is 4.10. The Morgan fingerprint density at radius 3 is 2.04 bits per heavy atom. The molecular formula is C21H18N4. The summed E-state index contributed by atoms with van der Waals surface area (Å²) in [7, 11) is 0. The van der Waals surface area contributed by atoms with Gasteiger partial charge in [0.1, 0.15) is 0 Å². The quantitative estimate of drug-likeness (QED) is 0.409. The Kier molecular flexibility index (Phi) is 4.25. The SMILES string of the molecule is C(=NNc1nc2ccccc2[nH]1)C(c1ccccc1)c1ccccc1. The fourth-order valence-electron chi connectivity index (χ4n) is 2.86. The molecule has 25 heavy (non-hydrogen) atoms. The Bertz CT molecular complexity index is 902. The van der Waals surface area contributed by atoms with Crippen molar-refractivity contribution in [2.24, 2.45) is 5.10 Å². The van der Waals surface area contributed by atoms with E-state index in [4.69, 9.17) is 0 Å². The summed E-state index contributed by atoms with van der Waals surface area (Å²) in [6, 6.07) is 28.6. The summed E-state index contributed by atoms with van der Waals surface area (Å²) in [4.78, 5) is 7.69. The average molecular weight is 326 g/mol. The molecule has 4 aromatic rings. The number of hydrazone groups is 1. The summed E-state index contributed by atoms with van der Waals surface area (Å²) in [5.41, 5.74) is 7.31. The van der Waals surface area contributed by atoms with E-state index in [2.05, 4.69) is 44.8 Å². The van der Waals surface area contributed by atoms with E-state index >= 15 is 0 Å². The van der Waals surface area contributed by atoms with E-state index in [1.807, 2.05) is 66.9 Å². The molecular weight excluding hydrogens is 308 g/mol. The van der Waals surface area contributed by atoms with E-state index < -0.39 is 0 Å². The average Bonchev–Trinajstić information content (AvgIpc) is 3.09. The largest absolute Gasteiger partial charge is 0.323 e. The molecule has 0 aliphatic rings. The Balaban J connectivity index is 1.59. The molecule has 0 saturated heterocycles. The van der Waals surface area contributed by atoms with E-state index in [-0.39, 0.29) is 5.92 Å². The Labute approximate surface area is 146 Å². The molecule has 2 N–H and O–H groups in total. The van der Waals surface area contributed by atoms with Gasteiger partial charge in [-0.3, -0.25) is 0 Å². The molecule has 4 nitrogen and oxygen atoms in total. The minimum Gasteiger partial charge on any atom is -0.323 e. The van der Waals surface area contributed by atoms with Crippen molar-refractivity contribution in [2.45, 2.75) is 5.92 Å². The minimum atomic E-state index is 0.0827. The molecule has 0 aliphatic carbocycles. The number of aromatic amines is 1. The lowest BCUT2D eigenvalue weighted by Crippen LogP contribution is -2.04. The van der Waals surface area contributed by atoms with Crippen LogP contribution in [0.4, 0.5) is 5.95 Å². The number of nitrogens with zero attached hydrogens (tertiary/aromatic N) is 2. The molecule has 4 rings (SSSR count). The lowest BCUT2D eigenvalue weighted by molar-refractivity contribution is 1.08. The zero-order chi connectivity index (χ0) is 16.9. The molecule has 0 atom stereocenters. The second-order valence-corrected chi connectivity index (χ2v) is 5.79. The monoisotopic (exact) mass is 326 g/mol. The molecule has 122 valence electrons. The molecule has 0 radical (unpaired) electrons. The van der Waals surface area contributed by atoms with Gasteiger partial charge in [0.2, 0.25) is 5.95 Å². The lowest BCUT2D eigenvalue weighted by Gasteiger charge is -2.13. The summed E-state index contributed by atoms with van der Waals surface area (Å²) in [6.45, 7) is 0. The van der Waals surface area contributed by atoms with Crippen LogP contribution in [0, 0.1) is 0 Å². The highest BCUT2D eigenvalue weighted by atomic mass is 15.3. The van der Waals surface area contributed by atoms with Crippen LogP contribution in [0.3, 0.4) is 0 Å². The van der Waals surface area contributed by atoms with Crippen molar-refractivity contribution < 1.29 is 0 Å². The van der Waals surface area contributed by atoms with Gasteiger partial charge in [-0.25, -0.2) is 10.4 Å². The molecule has 0 aliphatic heterocycles. The third kappa shape index (κ3) is 3.43. The first-order chi connectivity index (χ1) is 12.4. The summed E-state index contributed by atoms with van der Waals surface area (Å²) >= 11 is 0. The Hall–Kier alpha value is -3.40. The molecule has 0 unspecified atom stereocenters. The molecule has 1 aromatic heterocycles. The second kappa shape index (κ2) is 7.01. The zero-order valence-corrected chi connectivity index (χ0v) is 13.6.